The van der Waals surface area contributed by atoms with Crippen molar-refractivity contribution in [2.45, 2.75) is 25.0 Å². The van der Waals surface area contributed by atoms with Crippen LogP contribution in [0.3, 0.4) is 0 Å². The van der Waals surface area contributed by atoms with Gasteiger partial charge < -0.3 is 5.73 Å². The van der Waals surface area contributed by atoms with Crippen LogP contribution in [0.2, 0.25) is 0 Å². The predicted octanol–water partition coefficient (Wildman–Crippen LogP) is 0.717. The van der Waals surface area contributed by atoms with Gasteiger partial charge in [-0.1, -0.05) is 6.07 Å². The number of sulfonamides is 1. The summed E-state index contributed by atoms with van der Waals surface area (Å²) >= 11 is 1.49. The summed E-state index contributed by atoms with van der Waals surface area (Å²) in [5.74, 6) is 0. The van der Waals surface area contributed by atoms with Crippen molar-refractivity contribution >= 4 is 21.4 Å². The lowest BCUT2D eigenvalue weighted by Crippen LogP contribution is -2.24. The van der Waals surface area contributed by atoms with Crippen molar-refractivity contribution < 1.29 is 8.42 Å². The Kier molecular flexibility index (Phi) is 3.81. The Labute approximate surface area is 109 Å². The van der Waals surface area contributed by atoms with E-state index in [4.69, 9.17) is 5.73 Å². The maximum Gasteiger partial charge on any atom is 0.260 e. The highest BCUT2D eigenvalue weighted by Crippen LogP contribution is 2.16. The summed E-state index contributed by atoms with van der Waals surface area (Å²) in [5.41, 5.74) is 6.73. The second kappa shape index (κ2) is 5.19. The van der Waals surface area contributed by atoms with Gasteiger partial charge in [0, 0.05) is 29.2 Å². The van der Waals surface area contributed by atoms with E-state index in [1.54, 1.807) is 6.92 Å². The van der Waals surface area contributed by atoms with Crippen LogP contribution in [0.5, 0.6) is 0 Å². The molecular formula is C10H14N4O2S2. The first-order chi connectivity index (χ1) is 8.54. The molecule has 0 amide bonds. The molecule has 0 spiro atoms. The molecule has 0 radical (unpaired) electrons. The molecule has 0 saturated carbocycles. The third-order valence-electron chi connectivity index (χ3n) is 2.51. The molecule has 18 heavy (non-hydrogen) atoms. The Morgan fingerprint density at radius 1 is 1.56 bits per heavy atom. The molecule has 0 aliphatic heterocycles. The highest BCUT2D eigenvalue weighted by atomic mass is 32.2. The van der Waals surface area contributed by atoms with Crippen molar-refractivity contribution in [1.29, 1.82) is 0 Å². The van der Waals surface area contributed by atoms with Crippen molar-refractivity contribution in [3.8, 4) is 0 Å². The number of H-pyrrole nitrogens is 1. The topological polar surface area (TPSA) is 101 Å². The van der Waals surface area contributed by atoms with Gasteiger partial charge in [0.1, 0.15) is 0 Å². The third kappa shape index (κ3) is 2.61. The third-order valence-corrected chi connectivity index (χ3v) is 4.76. The molecule has 0 bridgehead atoms. The van der Waals surface area contributed by atoms with Gasteiger partial charge in [-0.3, -0.25) is 5.10 Å². The van der Waals surface area contributed by atoms with Crippen molar-refractivity contribution in [2.24, 2.45) is 5.73 Å². The fourth-order valence-corrected chi connectivity index (χ4v) is 3.49. The van der Waals surface area contributed by atoms with Gasteiger partial charge in [0.15, 0.2) is 5.03 Å². The highest BCUT2D eigenvalue weighted by Gasteiger charge is 2.22. The summed E-state index contributed by atoms with van der Waals surface area (Å²) in [5, 5.41) is 8.33. The number of nitrogens with zero attached hydrogens (tertiary/aromatic N) is 1. The van der Waals surface area contributed by atoms with Gasteiger partial charge in [-0.15, -0.1) is 11.3 Å². The fourth-order valence-electron chi connectivity index (χ4n) is 1.54. The van der Waals surface area contributed by atoms with E-state index in [0.717, 1.165) is 4.88 Å². The summed E-state index contributed by atoms with van der Waals surface area (Å²) in [4.78, 5) is 0.945. The summed E-state index contributed by atoms with van der Waals surface area (Å²) in [6, 6.07) is 3.74. The maximum absolute atomic E-state index is 12.1. The van der Waals surface area contributed by atoms with Gasteiger partial charge >= 0.3 is 0 Å². The molecule has 8 heteroatoms. The molecule has 0 fully saturated rings. The monoisotopic (exact) mass is 286 g/mol. The van der Waals surface area contributed by atoms with E-state index in [1.165, 1.54) is 11.3 Å². The van der Waals surface area contributed by atoms with Gasteiger partial charge in [0.25, 0.3) is 10.0 Å². The normalized spacial score (nSPS) is 11.9. The zero-order chi connectivity index (χ0) is 13.2. The van der Waals surface area contributed by atoms with Crippen LogP contribution in [0.15, 0.2) is 22.5 Å². The molecule has 0 saturated heterocycles. The number of thiophene rings is 1. The lowest BCUT2D eigenvalue weighted by molar-refractivity contribution is 0.576. The lowest BCUT2D eigenvalue weighted by atomic mass is 10.3. The Morgan fingerprint density at radius 3 is 2.94 bits per heavy atom. The number of aromatic nitrogens is 2. The molecule has 6 nitrogen and oxygen atoms in total. The van der Waals surface area contributed by atoms with Crippen molar-refractivity contribution in [2.75, 3.05) is 0 Å². The van der Waals surface area contributed by atoms with Gasteiger partial charge in [0.2, 0.25) is 0 Å². The summed E-state index contributed by atoms with van der Waals surface area (Å²) < 4.78 is 26.7. The molecule has 0 aliphatic carbocycles. The molecular weight excluding hydrogens is 272 g/mol. The van der Waals surface area contributed by atoms with E-state index in [0.29, 0.717) is 11.3 Å². The van der Waals surface area contributed by atoms with Gasteiger partial charge in [-0.05, 0) is 18.4 Å². The smallest absolute Gasteiger partial charge is 0.260 e. The van der Waals surface area contributed by atoms with Crippen LogP contribution in [-0.4, -0.2) is 18.6 Å². The average molecular weight is 286 g/mol. The van der Waals surface area contributed by atoms with E-state index >= 15 is 0 Å². The zero-order valence-corrected chi connectivity index (χ0v) is 11.4. The van der Waals surface area contributed by atoms with Crippen LogP contribution >= 0.6 is 11.3 Å². The van der Waals surface area contributed by atoms with Crippen LogP contribution in [0.25, 0.3) is 0 Å². The number of hydrogen-bond acceptors (Lipinski definition) is 5. The number of nitrogens with one attached hydrogen (secondary N) is 2. The number of aryl methyl sites for hydroxylation is 1. The Balaban J connectivity index is 2.20. The van der Waals surface area contributed by atoms with E-state index in [-0.39, 0.29) is 18.1 Å². The largest absolute Gasteiger partial charge is 0.326 e. The lowest BCUT2D eigenvalue weighted by Gasteiger charge is -2.04. The Bertz CT molecular complexity index is 616. The number of aromatic amines is 1. The summed E-state index contributed by atoms with van der Waals surface area (Å²) in [6.45, 7) is 2.14. The van der Waals surface area contributed by atoms with Crippen LogP contribution in [0.1, 0.15) is 16.1 Å². The molecule has 0 aliphatic rings. The first-order valence-corrected chi connectivity index (χ1v) is 7.67. The fraction of sp³-hybridized carbons (Fsp3) is 0.300. The molecule has 4 N–H and O–H groups in total. The number of hydrogen-bond donors (Lipinski definition) is 3. The highest BCUT2D eigenvalue weighted by molar-refractivity contribution is 7.89. The summed E-state index contributed by atoms with van der Waals surface area (Å²) in [6.07, 6.45) is 0. The standard InChI is InChI=1S/C10H14N4O2S2/c1-7-9(5-11)10(14-13-7)18(15,16)12-6-8-3-2-4-17-8/h2-4,12H,5-6,11H2,1H3,(H,13,14). The van der Waals surface area contributed by atoms with Gasteiger partial charge in [-0.2, -0.15) is 5.10 Å². The molecule has 0 aromatic carbocycles. The van der Waals surface area contributed by atoms with Crippen molar-refractivity contribution in [1.82, 2.24) is 14.9 Å². The first-order valence-electron chi connectivity index (χ1n) is 5.30. The number of rotatable bonds is 5. The molecule has 2 aromatic rings. The van der Waals surface area contributed by atoms with Crippen LogP contribution in [-0.2, 0) is 23.1 Å². The quantitative estimate of drug-likeness (QED) is 0.753. The minimum Gasteiger partial charge on any atom is -0.326 e. The summed E-state index contributed by atoms with van der Waals surface area (Å²) in [7, 11) is -3.62. The molecule has 2 heterocycles. The molecule has 98 valence electrons. The Morgan fingerprint density at radius 2 is 2.33 bits per heavy atom. The molecule has 0 atom stereocenters. The minimum absolute atomic E-state index is 0.0148. The second-order valence-electron chi connectivity index (χ2n) is 3.74. The maximum atomic E-state index is 12.1. The van der Waals surface area contributed by atoms with E-state index in [1.807, 2.05) is 17.5 Å². The van der Waals surface area contributed by atoms with Crippen LogP contribution < -0.4 is 10.5 Å². The van der Waals surface area contributed by atoms with E-state index in [9.17, 15) is 8.42 Å². The minimum atomic E-state index is -3.62. The van der Waals surface area contributed by atoms with Gasteiger partial charge in [0.05, 0.1) is 0 Å². The predicted molar refractivity (Wildman–Crippen MR) is 69.6 cm³/mol. The first kappa shape index (κ1) is 13.2. The van der Waals surface area contributed by atoms with Crippen molar-refractivity contribution in [3.05, 3.63) is 33.6 Å². The zero-order valence-electron chi connectivity index (χ0n) is 9.80. The average Bonchev–Trinajstić information content (AvgIpc) is 2.95. The van der Waals surface area contributed by atoms with Gasteiger partial charge in [-0.25, -0.2) is 13.1 Å². The molecule has 0 unspecified atom stereocenters. The van der Waals surface area contributed by atoms with E-state index in [2.05, 4.69) is 14.9 Å². The van der Waals surface area contributed by atoms with E-state index < -0.39 is 10.0 Å². The van der Waals surface area contributed by atoms with Crippen LogP contribution in [0, 0.1) is 6.92 Å². The SMILES string of the molecule is Cc1[nH]nc(S(=O)(=O)NCc2cccs2)c1CN. The van der Waals surface area contributed by atoms with Crippen molar-refractivity contribution in [3.63, 3.8) is 0 Å². The molecule has 2 rings (SSSR count). The van der Waals surface area contributed by atoms with Crippen LogP contribution in [0.4, 0.5) is 0 Å². The Hall–Kier alpha value is -1.22. The second-order valence-corrected chi connectivity index (χ2v) is 6.45. The number of nitrogens with two attached hydrogens (primary N) is 1. The molecule has 2 aromatic heterocycles.